The SMILES string of the molecule is CCC(C(=O)CCN(C(=O)C(Cl)Cl)c1ccnc(-c2cc(-c3c(Cl)cccc3Cl)no2)c1)N(C)C(=O)C1CC(O)CN1C(=O)O. The first-order chi connectivity index (χ1) is 21.3. The quantitative estimate of drug-likeness (QED) is 0.258. The van der Waals surface area contributed by atoms with Gasteiger partial charge in [-0.2, -0.15) is 0 Å². The van der Waals surface area contributed by atoms with Crippen molar-refractivity contribution < 1.29 is 33.9 Å². The number of likely N-dealkylation sites (N-methyl/N-ethyl adjacent to an activating group) is 1. The molecule has 16 heteroatoms. The standard InChI is InChI=1S/C29H29Cl4N5O7/c1-3-21(36(2)27(41)22-12-16(39)14-38(22)29(43)44)23(40)8-10-37(28(42)26(32)33)15-7-9-34-19(11-15)24-13-20(35-45-24)25-17(30)5-4-6-18(25)31/h4-7,9,11,13,16,21-22,26,39H,3,8,10,12,14H2,1-2H3,(H,43,44). The summed E-state index contributed by atoms with van der Waals surface area (Å²) >= 11 is 24.5. The third kappa shape index (κ3) is 7.70. The average molecular weight is 701 g/mol. The molecule has 2 N–H and O–H groups in total. The zero-order chi connectivity index (χ0) is 33.0. The number of aliphatic hydroxyl groups is 1. The van der Waals surface area contributed by atoms with Crippen LogP contribution in [0.4, 0.5) is 10.5 Å². The van der Waals surface area contributed by atoms with Crippen LogP contribution < -0.4 is 4.90 Å². The van der Waals surface area contributed by atoms with Crippen molar-refractivity contribution >= 4 is 75.8 Å². The number of carbonyl (C=O) groups is 4. The zero-order valence-corrected chi connectivity index (χ0v) is 27.1. The molecule has 3 unspecified atom stereocenters. The van der Waals surface area contributed by atoms with Gasteiger partial charge in [0.15, 0.2) is 16.4 Å². The van der Waals surface area contributed by atoms with Crippen molar-refractivity contribution in [1.82, 2.24) is 19.9 Å². The molecule has 3 heterocycles. The summed E-state index contributed by atoms with van der Waals surface area (Å²) in [4.78, 5) is 57.4. The number of amides is 3. The van der Waals surface area contributed by atoms with Crippen molar-refractivity contribution in [1.29, 1.82) is 0 Å². The van der Waals surface area contributed by atoms with E-state index in [4.69, 9.17) is 50.9 Å². The second-order valence-electron chi connectivity index (χ2n) is 10.3. The molecule has 1 saturated heterocycles. The van der Waals surface area contributed by atoms with Gasteiger partial charge in [0.25, 0.3) is 5.91 Å². The minimum Gasteiger partial charge on any atom is -0.465 e. The fourth-order valence-corrected chi connectivity index (χ4v) is 6.04. The van der Waals surface area contributed by atoms with Crippen LogP contribution in [0.15, 0.2) is 47.1 Å². The van der Waals surface area contributed by atoms with Gasteiger partial charge in [0, 0.05) is 49.9 Å². The van der Waals surface area contributed by atoms with Gasteiger partial charge in [-0.1, -0.05) is 64.6 Å². The number of β-amino-alcohol motifs (C(OH)–C–C–N with tert-alkyl or cyclic N) is 1. The summed E-state index contributed by atoms with van der Waals surface area (Å²) < 4.78 is 5.49. The number of carboxylic acid groups (broad SMARTS) is 1. The molecule has 0 bridgehead atoms. The number of Topliss-reactive ketones (excluding diaryl/α,β-unsaturated/α-hetero) is 1. The number of aromatic nitrogens is 2. The Morgan fingerprint density at radius 2 is 1.80 bits per heavy atom. The molecule has 0 radical (unpaired) electrons. The lowest BCUT2D eigenvalue weighted by molar-refractivity contribution is -0.141. The first kappa shape index (κ1) is 34.5. The lowest BCUT2D eigenvalue weighted by Crippen LogP contribution is -2.51. The van der Waals surface area contributed by atoms with Crippen molar-refractivity contribution in [2.75, 3.05) is 25.0 Å². The molecule has 3 amide bonds. The number of anilines is 1. The monoisotopic (exact) mass is 699 g/mol. The Hall–Kier alpha value is -3.42. The number of rotatable bonds is 11. The van der Waals surface area contributed by atoms with Crippen LogP contribution in [-0.4, -0.2) is 97.0 Å². The summed E-state index contributed by atoms with van der Waals surface area (Å²) in [7, 11) is 1.41. The summed E-state index contributed by atoms with van der Waals surface area (Å²) in [6.07, 6.45) is -0.922. The Labute approximate surface area is 278 Å². The van der Waals surface area contributed by atoms with Gasteiger partial charge in [0.2, 0.25) is 5.91 Å². The van der Waals surface area contributed by atoms with E-state index in [9.17, 15) is 29.4 Å². The topological polar surface area (TPSA) is 157 Å². The van der Waals surface area contributed by atoms with Crippen LogP contribution in [0.2, 0.25) is 10.0 Å². The number of nitrogens with zero attached hydrogens (tertiary/aromatic N) is 5. The first-order valence-electron chi connectivity index (χ1n) is 13.8. The largest absolute Gasteiger partial charge is 0.465 e. The molecule has 0 aliphatic carbocycles. The number of pyridine rings is 1. The molecule has 0 spiro atoms. The van der Waals surface area contributed by atoms with Gasteiger partial charge in [-0.25, -0.2) is 4.79 Å². The van der Waals surface area contributed by atoms with Crippen LogP contribution >= 0.6 is 46.4 Å². The molecule has 1 fully saturated rings. The predicted octanol–water partition coefficient (Wildman–Crippen LogP) is 5.16. The number of likely N-dealkylation sites (tertiary alicyclic amines) is 1. The normalized spacial score (nSPS) is 16.9. The van der Waals surface area contributed by atoms with Crippen LogP contribution in [0.3, 0.4) is 0 Å². The van der Waals surface area contributed by atoms with Gasteiger partial charge in [-0.05, 0) is 30.7 Å². The van der Waals surface area contributed by atoms with Crippen molar-refractivity contribution in [2.45, 2.75) is 49.2 Å². The molecule has 45 heavy (non-hydrogen) atoms. The number of aliphatic hydroxyl groups excluding tert-OH is 1. The molecular formula is C29H29Cl4N5O7. The summed E-state index contributed by atoms with van der Waals surface area (Å²) in [5.74, 6) is -1.43. The number of hydrogen-bond acceptors (Lipinski definition) is 8. The zero-order valence-electron chi connectivity index (χ0n) is 24.1. The van der Waals surface area contributed by atoms with Gasteiger partial charge in [-0.15, -0.1) is 0 Å². The van der Waals surface area contributed by atoms with Crippen LogP contribution in [0, 0.1) is 0 Å². The third-order valence-electron chi connectivity index (χ3n) is 7.45. The Morgan fingerprint density at radius 3 is 2.42 bits per heavy atom. The summed E-state index contributed by atoms with van der Waals surface area (Å²) in [5, 5.41) is 24.2. The Bertz CT molecular complexity index is 1570. The van der Waals surface area contributed by atoms with E-state index in [1.54, 1.807) is 31.2 Å². The first-order valence-corrected chi connectivity index (χ1v) is 15.4. The van der Waals surface area contributed by atoms with E-state index in [2.05, 4.69) is 10.1 Å². The summed E-state index contributed by atoms with van der Waals surface area (Å²) in [6.45, 7) is 1.37. The van der Waals surface area contributed by atoms with Crippen molar-refractivity contribution in [2.24, 2.45) is 0 Å². The number of hydrogen-bond donors (Lipinski definition) is 2. The molecular weight excluding hydrogens is 672 g/mol. The maximum absolute atomic E-state index is 13.4. The number of halogens is 4. The molecule has 1 aliphatic rings. The van der Waals surface area contributed by atoms with Crippen LogP contribution in [0.5, 0.6) is 0 Å². The van der Waals surface area contributed by atoms with E-state index in [0.717, 1.165) is 4.90 Å². The van der Waals surface area contributed by atoms with Crippen molar-refractivity contribution in [3.8, 4) is 22.7 Å². The maximum atomic E-state index is 13.4. The number of carbonyl (C=O) groups excluding carboxylic acids is 3. The van der Waals surface area contributed by atoms with Crippen LogP contribution in [0.1, 0.15) is 26.2 Å². The van der Waals surface area contributed by atoms with Crippen molar-refractivity contribution in [3.63, 3.8) is 0 Å². The van der Waals surface area contributed by atoms with Crippen LogP contribution in [0.25, 0.3) is 22.7 Å². The van der Waals surface area contributed by atoms with E-state index in [1.807, 2.05) is 0 Å². The molecule has 1 aliphatic heterocycles. The van der Waals surface area contributed by atoms with Gasteiger partial charge < -0.3 is 24.5 Å². The number of benzene rings is 1. The highest BCUT2D eigenvalue weighted by atomic mass is 35.5. The van der Waals surface area contributed by atoms with E-state index in [1.165, 1.54) is 35.2 Å². The van der Waals surface area contributed by atoms with Gasteiger partial charge in [0.1, 0.15) is 17.4 Å². The third-order valence-corrected chi connectivity index (χ3v) is 8.46. The van der Waals surface area contributed by atoms with Crippen LogP contribution in [-0.2, 0) is 14.4 Å². The average Bonchev–Trinajstić information content (AvgIpc) is 3.64. The molecule has 3 atom stereocenters. The van der Waals surface area contributed by atoms with E-state index >= 15 is 0 Å². The molecule has 2 aromatic heterocycles. The van der Waals surface area contributed by atoms with Gasteiger partial charge in [-0.3, -0.25) is 24.3 Å². The Balaban J connectivity index is 1.53. The second-order valence-corrected chi connectivity index (χ2v) is 12.2. The predicted molar refractivity (Wildman–Crippen MR) is 169 cm³/mol. The minimum atomic E-state index is -1.45. The maximum Gasteiger partial charge on any atom is 0.408 e. The number of alkyl halides is 2. The fraction of sp³-hybridized carbons (Fsp3) is 0.379. The van der Waals surface area contributed by atoms with E-state index in [0.29, 0.717) is 32.7 Å². The fourth-order valence-electron chi connectivity index (χ4n) is 5.22. The molecule has 3 aromatic rings. The van der Waals surface area contributed by atoms with Crippen molar-refractivity contribution in [3.05, 3.63) is 52.6 Å². The number of ketones is 1. The molecule has 240 valence electrons. The lowest BCUT2D eigenvalue weighted by atomic mass is 10.0. The molecule has 0 saturated carbocycles. The highest BCUT2D eigenvalue weighted by molar-refractivity contribution is 6.54. The lowest BCUT2D eigenvalue weighted by Gasteiger charge is -2.31. The summed E-state index contributed by atoms with van der Waals surface area (Å²) in [6, 6.07) is 7.66. The second kappa shape index (κ2) is 14.8. The van der Waals surface area contributed by atoms with Gasteiger partial charge >= 0.3 is 6.09 Å². The molecule has 12 nitrogen and oxygen atoms in total. The molecule has 4 rings (SSSR count). The molecule has 1 aromatic carbocycles. The Morgan fingerprint density at radius 1 is 1.11 bits per heavy atom. The highest BCUT2D eigenvalue weighted by Gasteiger charge is 2.42. The van der Waals surface area contributed by atoms with Gasteiger partial charge in [0.05, 0.1) is 28.7 Å². The smallest absolute Gasteiger partial charge is 0.408 e. The Kier molecular flexibility index (Phi) is 11.3. The summed E-state index contributed by atoms with van der Waals surface area (Å²) in [5.41, 5.74) is 1.46. The van der Waals surface area contributed by atoms with E-state index < -0.39 is 40.9 Å². The minimum absolute atomic E-state index is 0.0717. The highest BCUT2D eigenvalue weighted by Crippen LogP contribution is 2.36. The van der Waals surface area contributed by atoms with E-state index in [-0.39, 0.29) is 43.9 Å².